The fourth-order valence-corrected chi connectivity index (χ4v) is 5.10. The zero-order valence-electron chi connectivity index (χ0n) is 25.6. The van der Waals surface area contributed by atoms with E-state index in [1.54, 1.807) is 66.7 Å². The van der Waals surface area contributed by atoms with E-state index in [2.05, 4.69) is 9.97 Å². The van der Waals surface area contributed by atoms with E-state index in [0.29, 0.717) is 56.6 Å². The van der Waals surface area contributed by atoms with Crippen molar-refractivity contribution in [2.24, 2.45) is 0 Å². The summed E-state index contributed by atoms with van der Waals surface area (Å²) >= 11 is 0. The van der Waals surface area contributed by atoms with Gasteiger partial charge in [0.1, 0.15) is 17.6 Å². The minimum atomic E-state index is -1.00. The lowest BCUT2D eigenvalue weighted by Gasteiger charge is -2.19. The summed E-state index contributed by atoms with van der Waals surface area (Å²) in [5, 5.41) is 0. The van der Waals surface area contributed by atoms with Gasteiger partial charge in [0.2, 0.25) is 0 Å². The van der Waals surface area contributed by atoms with Gasteiger partial charge in [0, 0.05) is 46.2 Å². The molecule has 9 nitrogen and oxygen atoms in total. The Morgan fingerprint density at radius 3 is 1.67 bits per heavy atom. The van der Waals surface area contributed by atoms with Crippen molar-refractivity contribution in [3.8, 4) is 0 Å². The molecule has 45 heavy (non-hydrogen) atoms. The van der Waals surface area contributed by atoms with Crippen LogP contribution in [0.2, 0.25) is 0 Å². The van der Waals surface area contributed by atoms with Gasteiger partial charge in [-0.15, -0.1) is 0 Å². The van der Waals surface area contributed by atoms with Crippen molar-refractivity contribution < 1.29 is 29.7 Å². The Morgan fingerprint density at radius 1 is 0.733 bits per heavy atom. The highest BCUT2D eigenvalue weighted by Crippen LogP contribution is 2.34. The molecule has 0 fully saturated rings. The maximum atomic E-state index is 12.8. The number of aryl methyl sites for hydroxylation is 1. The molecule has 5 aromatic rings. The van der Waals surface area contributed by atoms with Gasteiger partial charge >= 0.3 is 0 Å². The number of aldehydes is 1. The maximum absolute atomic E-state index is 12.8. The number of carbonyl (C=O) groups excluding carboxylic acids is 5. The molecular weight excluding hydrogens is 575 g/mol. The van der Waals surface area contributed by atoms with Crippen LogP contribution in [0.1, 0.15) is 91.1 Å². The van der Waals surface area contributed by atoms with Gasteiger partial charge in [0.25, 0.3) is 0 Å². The average molecular weight is 608 g/mol. The number of imidazole rings is 1. The number of nitrogens with two attached hydrogens (primary N) is 2. The third-order valence-corrected chi connectivity index (χ3v) is 7.26. The lowest BCUT2D eigenvalue weighted by molar-refractivity contribution is -0.107. The van der Waals surface area contributed by atoms with Crippen LogP contribution in [0.15, 0.2) is 72.8 Å². The van der Waals surface area contributed by atoms with Crippen LogP contribution in [0.5, 0.6) is 0 Å². The van der Waals surface area contributed by atoms with Crippen molar-refractivity contribution in [2.45, 2.75) is 26.7 Å². The molecule has 1 heterocycles. The zero-order valence-corrected chi connectivity index (χ0v) is 24.6. The molecule has 0 unspecified atom stereocenters. The Balaban J connectivity index is 0.000000176. The summed E-state index contributed by atoms with van der Waals surface area (Å²) in [5.74, 6) is 0.150. The third-order valence-electron chi connectivity index (χ3n) is 7.26. The Bertz CT molecular complexity index is 2000. The van der Waals surface area contributed by atoms with E-state index in [0.717, 1.165) is 24.0 Å². The summed E-state index contributed by atoms with van der Waals surface area (Å²) in [4.78, 5) is 66.8. The van der Waals surface area contributed by atoms with E-state index < -0.39 is 7.15 Å². The molecule has 0 amide bonds. The number of nitrogens with one attached hydrogen (secondary N) is 1. The first-order chi connectivity index (χ1) is 22.1. The molecule has 7 rings (SSSR count). The van der Waals surface area contributed by atoms with Crippen LogP contribution in [-0.2, 0) is 11.2 Å². The first-order valence-corrected chi connectivity index (χ1v) is 14.0. The normalized spacial score (nSPS) is 12.5. The number of anilines is 2. The number of hydrogen-bond donors (Lipinski definition) is 3. The molecule has 2 aliphatic rings. The fourth-order valence-electron chi connectivity index (χ4n) is 5.10. The van der Waals surface area contributed by atoms with Gasteiger partial charge < -0.3 is 21.2 Å². The number of ketones is 4. The molecule has 10 heteroatoms. The van der Waals surface area contributed by atoms with E-state index in [-0.39, 0.29) is 34.4 Å². The standard InChI is InChI=1S/C17H12N2O2.C14H10N2O2.C3H6O.CH3F/c1-2-13-18-12-8-7-11-14(15(12)19-13)17(21)10-6-4-3-5-9(10)16(11)20;15-10-6-5-9-11(12(10)16)14(18)8-4-2-1-3-7(8)13(9)17;1-2-3-4;1-2/h3-8H,2H2,1H3,(H,18,19);1-6H,15-16H2;3H,2H2,1H3;1H3/i;;;1D. The highest BCUT2D eigenvalue weighted by molar-refractivity contribution is 6.32. The quantitative estimate of drug-likeness (QED) is 0.166. The highest BCUT2D eigenvalue weighted by atomic mass is 19.1. The van der Waals surface area contributed by atoms with Gasteiger partial charge in [-0.1, -0.05) is 62.4 Å². The number of halogens is 1. The molecule has 0 aliphatic heterocycles. The first kappa shape index (κ1) is 30.7. The van der Waals surface area contributed by atoms with E-state index >= 15 is 0 Å². The topological polar surface area (TPSA) is 166 Å². The highest BCUT2D eigenvalue weighted by Gasteiger charge is 2.33. The van der Waals surface area contributed by atoms with Crippen molar-refractivity contribution in [3.63, 3.8) is 0 Å². The van der Waals surface area contributed by atoms with E-state index in [4.69, 9.17) is 12.8 Å². The fraction of sp³-hybridized carbons (Fsp3) is 0.143. The molecular formula is C35H31FN4O5. The van der Waals surface area contributed by atoms with Crippen molar-refractivity contribution in [1.82, 2.24) is 9.97 Å². The molecule has 4 aromatic carbocycles. The Labute approximate surface area is 259 Å². The van der Waals surface area contributed by atoms with Crippen LogP contribution in [0.4, 0.5) is 15.8 Å². The van der Waals surface area contributed by atoms with Crippen molar-refractivity contribution in [1.29, 1.82) is 0 Å². The number of rotatable bonds is 2. The zero-order chi connectivity index (χ0) is 33.5. The molecule has 0 saturated carbocycles. The SMILES string of the molecule is CCC=O.CCc1nc2c3c(ccc2[nH]1)C(=O)c1ccccc1C3=O.Nc1ccc2c(c1N)C(=O)c1ccccc1C2=O.[2H]CF. The van der Waals surface area contributed by atoms with Crippen LogP contribution >= 0.6 is 0 Å². The molecule has 0 radical (unpaired) electrons. The molecule has 2 aliphatic carbocycles. The predicted molar refractivity (Wildman–Crippen MR) is 171 cm³/mol. The smallest absolute Gasteiger partial charge is 0.196 e. The molecule has 0 bridgehead atoms. The Morgan fingerprint density at radius 2 is 1.18 bits per heavy atom. The summed E-state index contributed by atoms with van der Waals surface area (Å²) < 4.78 is 15.5. The van der Waals surface area contributed by atoms with E-state index in [1.807, 2.05) is 19.9 Å². The second-order valence-corrected chi connectivity index (χ2v) is 9.89. The number of aromatic amines is 1. The van der Waals surface area contributed by atoms with E-state index in [9.17, 15) is 28.4 Å². The number of benzene rings is 4. The van der Waals surface area contributed by atoms with Crippen LogP contribution < -0.4 is 11.5 Å². The lowest BCUT2D eigenvalue weighted by atomic mass is 9.83. The number of fused-ring (bicyclic) bond motifs is 6. The Hall–Kier alpha value is -5.77. The summed E-state index contributed by atoms with van der Waals surface area (Å²) in [7, 11) is -1.00. The largest absolute Gasteiger partial charge is 0.397 e. The number of hydrogen-bond acceptors (Lipinski definition) is 8. The average Bonchev–Trinajstić information content (AvgIpc) is 3.51. The number of H-pyrrole nitrogens is 1. The number of nitrogen functional groups attached to an aromatic ring is 2. The van der Waals surface area contributed by atoms with Crippen molar-refractivity contribution >= 4 is 51.8 Å². The van der Waals surface area contributed by atoms with Crippen molar-refractivity contribution in [3.05, 3.63) is 123 Å². The minimum absolute atomic E-state index is 0.108. The van der Waals surface area contributed by atoms with Gasteiger partial charge in [-0.3, -0.25) is 23.6 Å². The van der Waals surface area contributed by atoms with E-state index in [1.165, 1.54) is 0 Å². The molecule has 0 atom stereocenters. The second-order valence-electron chi connectivity index (χ2n) is 9.89. The van der Waals surface area contributed by atoms with Crippen LogP contribution in [0.25, 0.3) is 11.0 Å². The number of aromatic nitrogens is 2. The second kappa shape index (κ2) is 13.7. The first-order valence-electron chi connectivity index (χ1n) is 14.7. The van der Waals surface area contributed by atoms with Gasteiger partial charge in [0.15, 0.2) is 23.1 Å². The van der Waals surface area contributed by atoms with Crippen LogP contribution in [0.3, 0.4) is 0 Å². The van der Waals surface area contributed by atoms with Crippen molar-refractivity contribution in [2.75, 3.05) is 18.6 Å². The number of alkyl halides is 1. The number of carbonyl (C=O) groups is 5. The molecule has 5 N–H and O–H groups in total. The Kier molecular flexibility index (Phi) is 9.33. The third kappa shape index (κ3) is 5.77. The summed E-state index contributed by atoms with van der Waals surface area (Å²) in [6.45, 7) is 3.80. The molecule has 1 aromatic heterocycles. The predicted octanol–water partition coefficient (Wildman–Crippen LogP) is 5.71. The molecule has 228 valence electrons. The molecule has 0 saturated heterocycles. The molecule has 0 spiro atoms. The van der Waals surface area contributed by atoms with Crippen LogP contribution in [0, 0.1) is 0 Å². The van der Waals surface area contributed by atoms with Gasteiger partial charge in [-0.2, -0.15) is 0 Å². The minimum Gasteiger partial charge on any atom is -0.397 e. The summed E-state index contributed by atoms with van der Waals surface area (Å²) in [6, 6.07) is 20.3. The maximum Gasteiger partial charge on any atom is 0.196 e. The van der Waals surface area contributed by atoms with Gasteiger partial charge in [-0.25, -0.2) is 4.98 Å². The van der Waals surface area contributed by atoms with Gasteiger partial charge in [-0.05, 0) is 24.3 Å². The summed E-state index contributed by atoms with van der Waals surface area (Å²) in [5.41, 5.74) is 16.5. The number of nitrogens with zero attached hydrogens (tertiary/aromatic N) is 1. The monoisotopic (exact) mass is 607 g/mol. The van der Waals surface area contributed by atoms with Crippen LogP contribution in [-0.4, -0.2) is 46.5 Å². The van der Waals surface area contributed by atoms with Gasteiger partial charge in [0.05, 0.1) is 36.5 Å². The lowest BCUT2D eigenvalue weighted by Crippen LogP contribution is -2.22. The summed E-state index contributed by atoms with van der Waals surface area (Å²) in [6.07, 6.45) is 2.27.